The minimum absolute atomic E-state index is 0.0563. The van der Waals surface area contributed by atoms with E-state index in [-0.39, 0.29) is 23.0 Å². The first-order chi connectivity index (χ1) is 20.9. The molecule has 1 atom stereocenters. The molecular weight excluding hydrogens is 565 g/mol. The van der Waals surface area contributed by atoms with E-state index >= 15 is 0 Å². The Kier molecular flexibility index (Phi) is 7.48. The fraction of sp³-hybridized carbons (Fsp3) is 0.278. The molecular formula is C36H33F3N2O3. The number of hydrogen-bond acceptors (Lipinski definition) is 5. The lowest BCUT2D eigenvalue weighted by molar-refractivity contribution is -0.141. The molecule has 0 aliphatic rings. The summed E-state index contributed by atoms with van der Waals surface area (Å²) in [5.41, 5.74) is 5.19. The Labute approximate surface area is 253 Å². The predicted octanol–water partition coefficient (Wildman–Crippen LogP) is 11.0. The molecule has 226 valence electrons. The maximum Gasteiger partial charge on any atom is 0.399 e. The van der Waals surface area contributed by atoms with Crippen LogP contribution in [0.5, 0.6) is 11.5 Å². The van der Waals surface area contributed by atoms with Crippen LogP contribution in [0.3, 0.4) is 0 Å². The number of halogens is 3. The molecule has 1 unspecified atom stereocenters. The Morgan fingerprint density at radius 1 is 0.659 bits per heavy atom. The first-order valence-corrected chi connectivity index (χ1v) is 14.6. The third-order valence-electron chi connectivity index (χ3n) is 7.79. The molecule has 0 radical (unpaired) electrons. The van der Waals surface area contributed by atoms with E-state index in [1.54, 1.807) is 19.1 Å². The van der Waals surface area contributed by atoms with Crippen LogP contribution in [0, 0.1) is 13.8 Å². The molecule has 5 nitrogen and oxygen atoms in total. The van der Waals surface area contributed by atoms with Crippen molar-refractivity contribution in [2.75, 3.05) is 0 Å². The Hall–Kier alpha value is -4.59. The van der Waals surface area contributed by atoms with Crippen molar-refractivity contribution in [2.45, 2.75) is 65.5 Å². The summed E-state index contributed by atoms with van der Waals surface area (Å²) in [6, 6.07) is 21.2. The molecule has 0 saturated heterocycles. The molecule has 0 bridgehead atoms. The van der Waals surface area contributed by atoms with Gasteiger partial charge in [0.15, 0.2) is 17.1 Å². The molecule has 8 heteroatoms. The van der Waals surface area contributed by atoms with Crippen molar-refractivity contribution in [3.63, 3.8) is 0 Å². The molecule has 44 heavy (non-hydrogen) atoms. The van der Waals surface area contributed by atoms with E-state index < -0.39 is 12.1 Å². The summed E-state index contributed by atoms with van der Waals surface area (Å²) in [6.07, 6.45) is -4.57. The van der Waals surface area contributed by atoms with Crippen LogP contribution in [0.2, 0.25) is 0 Å². The first kappa shape index (κ1) is 29.5. The molecule has 6 rings (SSSR count). The molecule has 0 aliphatic heterocycles. The van der Waals surface area contributed by atoms with Crippen LogP contribution in [0.1, 0.15) is 79.2 Å². The van der Waals surface area contributed by atoms with E-state index in [2.05, 4.69) is 9.97 Å². The van der Waals surface area contributed by atoms with Crippen molar-refractivity contribution < 1.29 is 26.7 Å². The highest BCUT2D eigenvalue weighted by atomic mass is 19.4. The number of aryl methyl sites for hydroxylation is 2. The lowest BCUT2D eigenvalue weighted by Crippen LogP contribution is -2.22. The van der Waals surface area contributed by atoms with Crippen molar-refractivity contribution in [1.29, 1.82) is 0 Å². The maximum absolute atomic E-state index is 14.9. The third kappa shape index (κ3) is 5.68. The number of nitrogens with zero attached hydrogens (tertiary/aromatic N) is 2. The van der Waals surface area contributed by atoms with Gasteiger partial charge in [0, 0.05) is 12.5 Å². The van der Waals surface area contributed by atoms with Crippen molar-refractivity contribution in [3.05, 3.63) is 107 Å². The summed E-state index contributed by atoms with van der Waals surface area (Å²) in [4.78, 5) is 9.04. The third-order valence-corrected chi connectivity index (χ3v) is 7.79. The first-order valence-electron chi connectivity index (χ1n) is 14.6. The fourth-order valence-corrected chi connectivity index (χ4v) is 5.57. The number of ether oxygens (including phenoxy) is 1. The average molecular weight is 599 g/mol. The number of aromatic nitrogens is 2. The van der Waals surface area contributed by atoms with Crippen LogP contribution in [0.4, 0.5) is 13.2 Å². The van der Waals surface area contributed by atoms with E-state index in [0.29, 0.717) is 56.4 Å². The number of oxazole rings is 2. The normalized spacial score (nSPS) is 13.0. The van der Waals surface area contributed by atoms with E-state index in [1.807, 2.05) is 83.1 Å². The zero-order valence-electron chi connectivity index (χ0n) is 25.4. The summed E-state index contributed by atoms with van der Waals surface area (Å²) >= 11 is 0. The van der Waals surface area contributed by atoms with Crippen LogP contribution < -0.4 is 4.74 Å². The molecule has 0 saturated carbocycles. The topological polar surface area (TPSA) is 61.3 Å². The second kappa shape index (κ2) is 11.2. The van der Waals surface area contributed by atoms with E-state index in [1.165, 1.54) is 12.1 Å². The SMILES string of the molecule is Cc1ccc(Oc2ccc(-c3nc4cc(C(c5cc(C(C)C)c6oc(C)nc6c5)C(F)(F)F)cc(C(C)C)c4o3)cc2)cc1. The van der Waals surface area contributed by atoms with E-state index in [4.69, 9.17) is 13.6 Å². The summed E-state index contributed by atoms with van der Waals surface area (Å²) in [6.45, 7) is 11.4. The van der Waals surface area contributed by atoms with Gasteiger partial charge in [0.25, 0.3) is 0 Å². The summed E-state index contributed by atoms with van der Waals surface area (Å²) in [7, 11) is 0. The van der Waals surface area contributed by atoms with E-state index in [9.17, 15) is 13.2 Å². The van der Waals surface area contributed by atoms with E-state index in [0.717, 1.165) is 11.3 Å². The van der Waals surface area contributed by atoms with Crippen molar-refractivity contribution in [3.8, 4) is 23.0 Å². The van der Waals surface area contributed by atoms with Gasteiger partial charge >= 0.3 is 6.18 Å². The number of rotatable bonds is 7. The minimum atomic E-state index is -4.57. The molecule has 6 aromatic rings. The summed E-state index contributed by atoms with van der Waals surface area (Å²) < 4.78 is 62.7. The second-order valence-corrected chi connectivity index (χ2v) is 11.9. The van der Waals surface area contributed by atoms with Crippen LogP contribution in [-0.4, -0.2) is 16.1 Å². The van der Waals surface area contributed by atoms with Crippen LogP contribution in [-0.2, 0) is 0 Å². The van der Waals surface area contributed by atoms with Gasteiger partial charge < -0.3 is 13.6 Å². The Morgan fingerprint density at radius 2 is 1.16 bits per heavy atom. The number of hydrogen-bond donors (Lipinski definition) is 0. The molecule has 4 aromatic carbocycles. The Morgan fingerprint density at radius 3 is 1.68 bits per heavy atom. The average Bonchev–Trinajstić information content (AvgIpc) is 3.55. The summed E-state index contributed by atoms with van der Waals surface area (Å²) in [5, 5.41) is 0. The lowest BCUT2D eigenvalue weighted by Gasteiger charge is -2.23. The van der Waals surface area contributed by atoms with Gasteiger partial charge in [0.05, 0.1) is 0 Å². The number of benzene rings is 4. The molecule has 2 heterocycles. The predicted molar refractivity (Wildman–Crippen MR) is 166 cm³/mol. The molecule has 0 N–H and O–H groups in total. The van der Waals surface area contributed by atoms with Gasteiger partial charge in [-0.1, -0.05) is 57.5 Å². The smallest absolute Gasteiger partial charge is 0.399 e. The zero-order chi connectivity index (χ0) is 31.3. The van der Waals surface area contributed by atoms with Crippen LogP contribution >= 0.6 is 0 Å². The monoisotopic (exact) mass is 598 g/mol. The van der Waals surface area contributed by atoms with Gasteiger partial charge in [-0.05, 0) is 89.5 Å². The second-order valence-electron chi connectivity index (χ2n) is 11.9. The van der Waals surface area contributed by atoms with Crippen LogP contribution in [0.25, 0.3) is 33.7 Å². The molecule has 0 amide bonds. The lowest BCUT2D eigenvalue weighted by atomic mass is 9.85. The van der Waals surface area contributed by atoms with Gasteiger partial charge in [0.2, 0.25) is 5.89 Å². The van der Waals surface area contributed by atoms with Crippen LogP contribution in [0.15, 0.2) is 81.6 Å². The maximum atomic E-state index is 14.9. The zero-order valence-corrected chi connectivity index (χ0v) is 25.4. The van der Waals surface area contributed by atoms with Crippen molar-refractivity contribution in [1.82, 2.24) is 9.97 Å². The molecule has 0 fully saturated rings. The van der Waals surface area contributed by atoms with Gasteiger partial charge in [-0.3, -0.25) is 0 Å². The molecule has 2 aromatic heterocycles. The van der Waals surface area contributed by atoms with Crippen molar-refractivity contribution >= 4 is 22.2 Å². The molecule has 0 spiro atoms. The highest BCUT2D eigenvalue weighted by Gasteiger charge is 2.43. The van der Waals surface area contributed by atoms with Crippen molar-refractivity contribution in [2.24, 2.45) is 0 Å². The number of fused-ring (bicyclic) bond motifs is 2. The molecule has 0 aliphatic carbocycles. The largest absolute Gasteiger partial charge is 0.457 e. The highest BCUT2D eigenvalue weighted by molar-refractivity contribution is 5.82. The van der Waals surface area contributed by atoms with Gasteiger partial charge in [0.1, 0.15) is 28.5 Å². The number of alkyl halides is 3. The Bertz CT molecular complexity index is 1950. The fourth-order valence-electron chi connectivity index (χ4n) is 5.57. The summed E-state index contributed by atoms with van der Waals surface area (Å²) in [5.74, 6) is 0.0519. The van der Waals surface area contributed by atoms with Gasteiger partial charge in [-0.25, -0.2) is 9.97 Å². The minimum Gasteiger partial charge on any atom is -0.457 e. The quantitative estimate of drug-likeness (QED) is 0.183. The van der Waals surface area contributed by atoms with Gasteiger partial charge in [-0.15, -0.1) is 0 Å². The Balaban J connectivity index is 1.42. The highest BCUT2D eigenvalue weighted by Crippen LogP contribution is 2.45. The standard InChI is InChI=1S/C36H33F3N2O3/c1-19(2)28-15-24(17-30-33(28)42-22(6)40-30)32(36(37,38)39)25-16-29(20(3)4)34-31(18-25)41-35(44-34)23-9-13-27(14-10-23)43-26-11-7-21(5)8-12-26/h7-20,32H,1-6H3. The van der Waals surface area contributed by atoms with Gasteiger partial charge in [-0.2, -0.15) is 13.2 Å².